The number of aliphatic hydroxyl groups excluding tert-OH is 1. The topological polar surface area (TPSA) is 43.5 Å². The van der Waals surface area contributed by atoms with Gasteiger partial charge < -0.3 is 10.0 Å². The van der Waals surface area contributed by atoms with Gasteiger partial charge in [-0.3, -0.25) is 4.79 Å². The molecule has 0 aromatic heterocycles. The minimum Gasteiger partial charge on any atom is -0.506 e. The van der Waals surface area contributed by atoms with E-state index in [1.54, 1.807) is 0 Å². The number of nitrogens with zero attached hydrogens (tertiary/aromatic N) is 2. The van der Waals surface area contributed by atoms with E-state index in [1.807, 2.05) is 24.3 Å². The molecule has 0 saturated heterocycles. The number of allylic oxidation sites excluding steroid dienone is 7. The Bertz CT molecular complexity index is 1580. The summed E-state index contributed by atoms with van der Waals surface area (Å²) in [6.07, 6.45) is 16.5. The molecule has 0 bridgehead atoms. The van der Waals surface area contributed by atoms with Crippen LogP contribution in [0.5, 0.6) is 0 Å². The molecular weight excluding hydrogens is 540 g/mol. The first kappa shape index (κ1) is 31.5. The van der Waals surface area contributed by atoms with E-state index in [4.69, 9.17) is 0 Å². The molecule has 0 spiro atoms. The molecule has 2 aromatic rings. The molecule has 1 aliphatic carbocycles. The quantitative estimate of drug-likeness (QED) is 0.103. The largest absolute Gasteiger partial charge is 0.506 e. The van der Waals surface area contributed by atoms with Crippen LogP contribution in [0.25, 0.3) is 0 Å². The molecule has 3 aliphatic rings. The third kappa shape index (κ3) is 5.67. The van der Waals surface area contributed by atoms with Gasteiger partial charge in [-0.1, -0.05) is 68.8 Å². The highest BCUT2D eigenvalue weighted by molar-refractivity contribution is 6.24. The van der Waals surface area contributed by atoms with Gasteiger partial charge in [0, 0.05) is 47.5 Å². The summed E-state index contributed by atoms with van der Waals surface area (Å²) in [6, 6.07) is 17.1. The van der Waals surface area contributed by atoms with E-state index in [0.717, 1.165) is 75.9 Å². The first-order chi connectivity index (χ1) is 21.1. The van der Waals surface area contributed by atoms with Gasteiger partial charge >= 0.3 is 0 Å². The molecule has 44 heavy (non-hydrogen) atoms. The molecule has 0 radical (unpaired) electrons. The van der Waals surface area contributed by atoms with Crippen LogP contribution in [0.2, 0.25) is 0 Å². The van der Waals surface area contributed by atoms with Gasteiger partial charge in [-0.25, -0.2) is 0 Å². The van der Waals surface area contributed by atoms with Crippen molar-refractivity contribution in [3.8, 4) is 0 Å². The second kappa shape index (κ2) is 13.0. The van der Waals surface area contributed by atoms with E-state index in [-0.39, 0.29) is 22.4 Å². The van der Waals surface area contributed by atoms with E-state index in [2.05, 4.69) is 98.9 Å². The molecule has 2 aromatic carbocycles. The highest BCUT2D eigenvalue weighted by atomic mass is 16.3. The van der Waals surface area contributed by atoms with Crippen molar-refractivity contribution in [3.05, 3.63) is 120 Å². The van der Waals surface area contributed by atoms with Gasteiger partial charge in [0.2, 0.25) is 11.5 Å². The molecule has 4 heteroatoms. The van der Waals surface area contributed by atoms with Crippen molar-refractivity contribution in [3.63, 3.8) is 0 Å². The lowest BCUT2D eigenvalue weighted by molar-refractivity contribution is -0.438. The Labute approximate surface area is 264 Å². The number of anilines is 1. The predicted molar refractivity (Wildman–Crippen MR) is 184 cm³/mol. The standard InChI is InChI=1S/C40H48N2O2/c1-7-9-11-13-19-25-41-33-23-17-15-21-31(33)39(3,4)35(41)27-29-37(43)30(38(29)44)28-36-40(5,6)32-22-16-18-24-34(32)42(36)26-20-14-12-10-8-2/h7-8,15-18,21-24,27-28H,1-2,9-14,19-20,25-26H2,3-6H3/p+1. The van der Waals surface area contributed by atoms with Crippen LogP contribution in [-0.2, 0) is 15.6 Å². The number of carbonyl (C=O) groups is 1. The van der Waals surface area contributed by atoms with Crippen molar-refractivity contribution >= 4 is 22.9 Å². The van der Waals surface area contributed by atoms with Crippen LogP contribution in [0.1, 0.15) is 90.2 Å². The van der Waals surface area contributed by atoms with E-state index in [9.17, 15) is 9.90 Å². The normalized spacial score (nSPS) is 19.9. The van der Waals surface area contributed by atoms with Crippen LogP contribution in [0, 0.1) is 0 Å². The van der Waals surface area contributed by atoms with Crippen molar-refractivity contribution in [1.29, 1.82) is 0 Å². The number of para-hydroxylation sites is 2. The summed E-state index contributed by atoms with van der Waals surface area (Å²) in [5.41, 5.74) is 7.29. The zero-order valence-corrected chi connectivity index (χ0v) is 27.2. The maximum absolute atomic E-state index is 13.8. The maximum atomic E-state index is 13.8. The first-order valence-corrected chi connectivity index (χ1v) is 16.4. The Kier molecular flexibility index (Phi) is 9.29. The van der Waals surface area contributed by atoms with Gasteiger partial charge in [0.05, 0.1) is 16.6 Å². The number of unbranched alkanes of at least 4 members (excludes halogenated alkanes) is 6. The Balaban J connectivity index is 1.48. The van der Waals surface area contributed by atoms with Crippen LogP contribution in [0.3, 0.4) is 0 Å². The number of carbonyl (C=O) groups excluding carboxylic acids is 1. The Morgan fingerprint density at radius 3 is 2.11 bits per heavy atom. The van der Waals surface area contributed by atoms with Crippen LogP contribution in [0.4, 0.5) is 11.4 Å². The fourth-order valence-electron chi connectivity index (χ4n) is 7.14. The number of hydrogen-bond acceptors (Lipinski definition) is 3. The average molecular weight is 590 g/mol. The zero-order chi connectivity index (χ0) is 31.5. The molecule has 0 amide bonds. The van der Waals surface area contributed by atoms with Gasteiger partial charge in [0.15, 0.2) is 5.71 Å². The van der Waals surface area contributed by atoms with E-state index < -0.39 is 0 Å². The first-order valence-electron chi connectivity index (χ1n) is 16.4. The number of rotatable bonds is 14. The SMILES string of the molecule is C=CCCCCCN1C(=CC2=C(O)C(=CC3=[N+](CCCCCC=C)c4ccccc4C3(C)C)C2=O)C(C)(C)c2ccccc21. The second-order valence-corrected chi connectivity index (χ2v) is 13.4. The predicted octanol–water partition coefficient (Wildman–Crippen LogP) is 9.56. The lowest BCUT2D eigenvalue weighted by atomic mass is 9.77. The van der Waals surface area contributed by atoms with Crippen LogP contribution < -0.4 is 4.90 Å². The molecule has 0 fully saturated rings. The monoisotopic (exact) mass is 589 g/mol. The Hall–Kier alpha value is -3.92. The number of benzene rings is 2. The number of Topliss-reactive ketones (excluding diaryl/α,β-unsaturated/α-hetero) is 1. The average Bonchev–Trinajstić information content (AvgIpc) is 3.36. The highest BCUT2D eigenvalue weighted by Crippen LogP contribution is 2.49. The van der Waals surface area contributed by atoms with Crippen LogP contribution in [-0.4, -0.2) is 34.3 Å². The van der Waals surface area contributed by atoms with Crippen molar-refractivity contribution in [2.75, 3.05) is 18.0 Å². The molecule has 2 heterocycles. The molecular formula is C40H49N2O2+. The number of hydrogen-bond donors (Lipinski definition) is 1. The van der Waals surface area contributed by atoms with E-state index in [1.165, 1.54) is 22.5 Å². The van der Waals surface area contributed by atoms with E-state index in [0.29, 0.717) is 11.1 Å². The third-order valence-corrected chi connectivity index (χ3v) is 9.74. The molecule has 1 N–H and O–H groups in total. The number of fused-ring (bicyclic) bond motifs is 2. The number of ketones is 1. The molecule has 5 rings (SSSR count). The van der Waals surface area contributed by atoms with Crippen molar-refractivity contribution in [1.82, 2.24) is 0 Å². The molecule has 2 aliphatic heterocycles. The Morgan fingerprint density at radius 1 is 0.795 bits per heavy atom. The van der Waals surface area contributed by atoms with Crippen LogP contribution >= 0.6 is 0 Å². The van der Waals surface area contributed by atoms with Gasteiger partial charge in [-0.05, 0) is 70.1 Å². The molecule has 0 atom stereocenters. The fourth-order valence-corrected chi connectivity index (χ4v) is 7.14. The lowest BCUT2D eigenvalue weighted by Crippen LogP contribution is -2.32. The van der Waals surface area contributed by atoms with Gasteiger partial charge in [-0.2, -0.15) is 4.58 Å². The van der Waals surface area contributed by atoms with E-state index >= 15 is 0 Å². The highest BCUT2D eigenvalue weighted by Gasteiger charge is 2.47. The zero-order valence-electron chi connectivity index (χ0n) is 27.2. The van der Waals surface area contributed by atoms with Gasteiger partial charge in [-0.15, -0.1) is 13.2 Å². The summed E-state index contributed by atoms with van der Waals surface area (Å²) in [7, 11) is 0. The number of aliphatic hydroxyl groups is 1. The summed E-state index contributed by atoms with van der Waals surface area (Å²) in [5.74, 6) is 0.0169. The molecule has 0 unspecified atom stereocenters. The summed E-state index contributed by atoms with van der Waals surface area (Å²) in [6.45, 7) is 18.3. The van der Waals surface area contributed by atoms with Crippen molar-refractivity contribution < 1.29 is 14.5 Å². The Morgan fingerprint density at radius 2 is 1.43 bits per heavy atom. The van der Waals surface area contributed by atoms with Gasteiger partial charge in [0.25, 0.3) is 0 Å². The smallest absolute Gasteiger partial charge is 0.209 e. The minimum absolute atomic E-state index is 0.0853. The van der Waals surface area contributed by atoms with Crippen LogP contribution in [0.15, 0.2) is 109 Å². The molecule has 230 valence electrons. The minimum atomic E-state index is -0.281. The lowest BCUT2D eigenvalue weighted by Gasteiger charge is -2.29. The summed E-state index contributed by atoms with van der Waals surface area (Å²) < 4.78 is 2.36. The van der Waals surface area contributed by atoms with Crippen molar-refractivity contribution in [2.24, 2.45) is 0 Å². The summed E-state index contributed by atoms with van der Waals surface area (Å²) in [4.78, 5) is 16.2. The summed E-state index contributed by atoms with van der Waals surface area (Å²) >= 11 is 0. The fraction of sp³-hybridized carbons (Fsp3) is 0.400. The second-order valence-electron chi connectivity index (χ2n) is 13.4. The molecule has 4 nitrogen and oxygen atoms in total. The molecule has 0 saturated carbocycles. The maximum Gasteiger partial charge on any atom is 0.209 e. The van der Waals surface area contributed by atoms with Gasteiger partial charge in [0.1, 0.15) is 12.3 Å². The van der Waals surface area contributed by atoms with Crippen molar-refractivity contribution in [2.45, 2.75) is 89.9 Å². The third-order valence-electron chi connectivity index (χ3n) is 9.74. The summed E-state index contributed by atoms with van der Waals surface area (Å²) in [5, 5.41) is 11.4.